The van der Waals surface area contributed by atoms with E-state index >= 15 is 0 Å². The van der Waals surface area contributed by atoms with E-state index in [0.29, 0.717) is 32.5 Å². The largest absolute Gasteiger partial charge is 0.487 e. The molecule has 6 nitrogen and oxygen atoms in total. The van der Waals surface area contributed by atoms with Gasteiger partial charge in [-0.15, -0.1) is 0 Å². The molecule has 39 heavy (non-hydrogen) atoms. The molecular formula is C32H36BrNO5. The van der Waals surface area contributed by atoms with E-state index in [-0.39, 0.29) is 23.4 Å². The van der Waals surface area contributed by atoms with Crippen LogP contribution in [0.25, 0.3) is 5.57 Å². The zero-order valence-corrected chi connectivity index (χ0v) is 24.9. The molecule has 1 unspecified atom stereocenters. The number of likely N-dealkylation sites (tertiary alicyclic amines) is 1. The lowest BCUT2D eigenvalue weighted by Gasteiger charge is -2.42. The highest BCUT2D eigenvalue weighted by molar-refractivity contribution is 9.10. The third kappa shape index (κ3) is 4.51. The first-order valence-corrected chi connectivity index (χ1v) is 14.7. The second-order valence-corrected chi connectivity index (χ2v) is 13.7. The van der Waals surface area contributed by atoms with Crippen molar-refractivity contribution in [2.45, 2.75) is 83.0 Å². The Balaban J connectivity index is 1.22. The van der Waals surface area contributed by atoms with Crippen molar-refractivity contribution in [2.24, 2.45) is 0 Å². The van der Waals surface area contributed by atoms with E-state index in [9.17, 15) is 9.59 Å². The lowest BCUT2D eigenvalue weighted by Crippen LogP contribution is -2.53. The van der Waals surface area contributed by atoms with Crippen LogP contribution in [0.15, 0.2) is 46.4 Å². The summed E-state index contributed by atoms with van der Waals surface area (Å²) in [6.07, 6.45) is 2.60. The molecule has 2 aromatic rings. The third-order valence-electron chi connectivity index (χ3n) is 8.79. The van der Waals surface area contributed by atoms with Gasteiger partial charge in [-0.05, 0) is 92.6 Å². The van der Waals surface area contributed by atoms with Crippen molar-refractivity contribution in [1.29, 1.82) is 0 Å². The summed E-state index contributed by atoms with van der Waals surface area (Å²) in [7, 11) is 0. The van der Waals surface area contributed by atoms with E-state index in [4.69, 9.17) is 14.2 Å². The number of carbonyl (C=O) groups excluding carboxylic acids is 2. The molecule has 2 heterocycles. The smallest absolute Gasteiger partial charge is 0.410 e. The molecule has 6 rings (SSSR count). The molecule has 2 saturated heterocycles. The molecule has 4 aliphatic rings. The van der Waals surface area contributed by atoms with Crippen LogP contribution in [0.4, 0.5) is 4.79 Å². The van der Waals surface area contributed by atoms with Gasteiger partial charge in [-0.25, -0.2) is 4.79 Å². The number of hydrogen-bond acceptors (Lipinski definition) is 5. The van der Waals surface area contributed by atoms with Gasteiger partial charge in [0.05, 0.1) is 6.61 Å². The minimum absolute atomic E-state index is 0.0992. The van der Waals surface area contributed by atoms with Gasteiger partial charge in [-0.2, -0.15) is 0 Å². The molecule has 0 aromatic heterocycles. The number of allylic oxidation sites excluding steroid dienone is 2. The molecule has 0 N–H and O–H groups in total. The number of rotatable bonds is 2. The van der Waals surface area contributed by atoms with Gasteiger partial charge in [0.1, 0.15) is 23.1 Å². The fourth-order valence-corrected chi connectivity index (χ4v) is 7.12. The lowest BCUT2D eigenvalue weighted by atomic mass is 9.68. The number of carbonyl (C=O) groups is 2. The number of piperidine rings is 1. The number of nitrogens with zero attached hydrogens (tertiary/aromatic N) is 1. The van der Waals surface area contributed by atoms with Crippen LogP contribution in [-0.4, -0.2) is 53.8 Å². The van der Waals surface area contributed by atoms with Gasteiger partial charge in [0, 0.05) is 40.5 Å². The Hall–Kier alpha value is -2.64. The Morgan fingerprint density at radius 3 is 2.51 bits per heavy atom. The van der Waals surface area contributed by atoms with E-state index in [1.165, 1.54) is 11.1 Å². The lowest BCUT2D eigenvalue weighted by molar-refractivity contribution is -0.0872. The number of amides is 1. The summed E-state index contributed by atoms with van der Waals surface area (Å²) in [4.78, 5) is 28.1. The monoisotopic (exact) mass is 593 g/mol. The van der Waals surface area contributed by atoms with Crippen LogP contribution in [0, 0.1) is 0 Å². The highest BCUT2D eigenvalue weighted by atomic mass is 79.9. The predicted octanol–water partition coefficient (Wildman–Crippen LogP) is 6.87. The van der Waals surface area contributed by atoms with Crippen molar-refractivity contribution in [1.82, 2.24) is 4.90 Å². The quantitative estimate of drug-likeness (QED) is 0.380. The van der Waals surface area contributed by atoms with E-state index in [1.807, 2.05) is 39.0 Å². The topological polar surface area (TPSA) is 65.1 Å². The van der Waals surface area contributed by atoms with Gasteiger partial charge in [-0.3, -0.25) is 4.79 Å². The normalized spacial score (nSPS) is 23.0. The number of hydrogen-bond donors (Lipinski definition) is 0. The van der Waals surface area contributed by atoms with Crippen molar-refractivity contribution in [3.63, 3.8) is 0 Å². The summed E-state index contributed by atoms with van der Waals surface area (Å²) in [5.41, 5.74) is 4.83. The van der Waals surface area contributed by atoms with Crippen molar-refractivity contribution < 1.29 is 23.8 Å². The molecule has 0 saturated carbocycles. The summed E-state index contributed by atoms with van der Waals surface area (Å²) in [5.74, 6) is 0.864. The minimum Gasteiger partial charge on any atom is -0.487 e. The summed E-state index contributed by atoms with van der Waals surface area (Å²) < 4.78 is 19.5. The maximum atomic E-state index is 13.7. The Morgan fingerprint density at radius 2 is 1.79 bits per heavy atom. The molecule has 1 atom stereocenters. The van der Waals surface area contributed by atoms with Gasteiger partial charge < -0.3 is 19.1 Å². The molecule has 2 aromatic carbocycles. The predicted molar refractivity (Wildman–Crippen MR) is 153 cm³/mol. The second-order valence-electron chi connectivity index (χ2n) is 12.8. The Kier molecular flexibility index (Phi) is 6.27. The summed E-state index contributed by atoms with van der Waals surface area (Å²) in [6.45, 7) is 11.9. The fourth-order valence-electron chi connectivity index (χ4n) is 6.71. The van der Waals surface area contributed by atoms with Crippen LogP contribution in [0.2, 0.25) is 0 Å². The number of fused-ring (bicyclic) bond motifs is 3. The average molecular weight is 595 g/mol. The Bertz CT molecular complexity index is 1390. The number of halogens is 1. The third-order valence-corrected chi connectivity index (χ3v) is 9.29. The number of ether oxygens (including phenoxy) is 3. The molecule has 1 spiro atoms. The number of ketones is 1. The van der Waals surface area contributed by atoms with Crippen LogP contribution < -0.4 is 4.74 Å². The van der Waals surface area contributed by atoms with Gasteiger partial charge in [0.2, 0.25) is 0 Å². The molecule has 1 amide bonds. The maximum absolute atomic E-state index is 13.7. The number of benzene rings is 2. The van der Waals surface area contributed by atoms with Crippen LogP contribution in [0.5, 0.6) is 5.75 Å². The highest BCUT2D eigenvalue weighted by Crippen LogP contribution is 2.51. The second kappa shape index (κ2) is 9.20. The molecule has 2 aliphatic carbocycles. The first-order chi connectivity index (χ1) is 18.4. The van der Waals surface area contributed by atoms with Crippen molar-refractivity contribution in [3.05, 3.63) is 68.7 Å². The zero-order valence-electron chi connectivity index (χ0n) is 23.4. The van der Waals surface area contributed by atoms with Crippen LogP contribution >= 0.6 is 15.9 Å². The van der Waals surface area contributed by atoms with Gasteiger partial charge >= 0.3 is 6.09 Å². The van der Waals surface area contributed by atoms with Crippen LogP contribution in [-0.2, 0) is 21.3 Å². The van der Waals surface area contributed by atoms with E-state index in [1.54, 1.807) is 4.90 Å². The van der Waals surface area contributed by atoms with E-state index < -0.39 is 11.2 Å². The van der Waals surface area contributed by atoms with E-state index in [2.05, 4.69) is 48.0 Å². The molecule has 2 aliphatic heterocycles. The molecular weight excluding hydrogens is 558 g/mol. The van der Waals surface area contributed by atoms with Crippen molar-refractivity contribution in [2.75, 3.05) is 19.7 Å². The van der Waals surface area contributed by atoms with Crippen molar-refractivity contribution in [3.8, 4) is 5.75 Å². The van der Waals surface area contributed by atoms with E-state index in [0.717, 1.165) is 45.3 Å². The highest BCUT2D eigenvalue weighted by Gasteiger charge is 2.49. The number of Topliss-reactive ketones (excluding diaryl/α,β-unsaturated/α-hetero) is 1. The summed E-state index contributed by atoms with van der Waals surface area (Å²) in [6, 6.07) is 12.1. The standard InChI is InChI=1S/C32H36BrNO5/c1-30(2,3)39-29(36)34-13-11-32(12-14-34)26(10-15-37-32)38-21-7-9-23-24(18-21)31(4,5)25-17-19-16-20(33)6-8-22(19)27(25)28(23)35/h6-9,16,18,26H,10-15,17H2,1-5H3. The first kappa shape index (κ1) is 26.6. The molecule has 0 bridgehead atoms. The molecule has 0 radical (unpaired) electrons. The van der Waals surface area contributed by atoms with Gasteiger partial charge in [0.25, 0.3) is 0 Å². The van der Waals surface area contributed by atoms with Crippen LogP contribution in [0.3, 0.4) is 0 Å². The molecule has 7 heteroatoms. The minimum atomic E-state index is -0.516. The SMILES string of the molecule is CC(C)(C)OC(=O)N1CCC2(CC1)OCCC2Oc1ccc2c(c1)C(C)(C)C1=C(C2=O)c2ccc(Br)cc2C1. The maximum Gasteiger partial charge on any atom is 0.410 e. The summed E-state index contributed by atoms with van der Waals surface area (Å²) >= 11 is 3.58. The van der Waals surface area contributed by atoms with Gasteiger partial charge in [0.15, 0.2) is 5.78 Å². The first-order valence-electron chi connectivity index (χ1n) is 13.9. The molecule has 206 valence electrons. The van der Waals surface area contributed by atoms with Crippen LogP contribution in [0.1, 0.15) is 80.9 Å². The zero-order chi connectivity index (χ0) is 27.7. The molecule has 2 fully saturated rings. The Labute approximate surface area is 238 Å². The van der Waals surface area contributed by atoms with Crippen molar-refractivity contribution >= 4 is 33.4 Å². The summed E-state index contributed by atoms with van der Waals surface area (Å²) in [5, 5.41) is 0. The van der Waals surface area contributed by atoms with Gasteiger partial charge in [-0.1, -0.05) is 35.8 Å². The Morgan fingerprint density at radius 1 is 1.08 bits per heavy atom. The average Bonchev–Trinajstić information content (AvgIpc) is 3.44. The fraction of sp³-hybridized carbons (Fsp3) is 0.500.